The molecule has 0 bridgehead atoms. The summed E-state index contributed by atoms with van der Waals surface area (Å²) in [7, 11) is 0. The van der Waals surface area contributed by atoms with Crippen LogP contribution in [0.1, 0.15) is 242 Å². The van der Waals surface area contributed by atoms with E-state index in [2.05, 4.69) is 118 Å². The second kappa shape index (κ2) is 42.6. The lowest BCUT2D eigenvalue weighted by atomic mass is 9.95. The number of carbonyl (C=O) groups is 1. The molecule has 1 unspecified atom stereocenters. The standard InChI is InChI=1S/C31H42FN3O3.2C30H43N3O3/c1-22(36)30(29-18-26(32)11-9-25(29)20-38-28-14-17-37-21-28)35-16-13-23(19-35)6-3-2-4-8-27-12-10-24-7-5-15-33-31(24)34-27;2*1-21(2)36-23(4)27-12-5-6-13-28(27)29(22(3)34)33-18-16-26(20-33)35-19-8-7-11-25-15-14-24-10-9-17-31-30(24)32-25/h9-12,18,23,28,30H,2-8,13-17,19-21H2,1H3,(H,33,34);2*5-6,12-15,21,23,26,29,34H,3,7-11,16-20H2,1-2,4H3,(H,31,32)/t23-,28-,30?;23-,26+,29+;23-,26+,29-/m100/s1. The lowest BCUT2D eigenvalue weighted by molar-refractivity contribution is -0.122. The van der Waals surface area contributed by atoms with Gasteiger partial charge in [-0.25, -0.2) is 19.3 Å². The first-order chi connectivity index (χ1) is 53.4. The number of hydrogen-bond donors (Lipinski definition) is 5. The number of Topliss-reactive ketones (excluding diaryl/α,β-unsaturated/α-hetero) is 1. The minimum Gasteiger partial charge on any atom is -0.511 e. The van der Waals surface area contributed by atoms with E-state index in [-0.39, 0.29) is 77.9 Å². The zero-order valence-electron chi connectivity index (χ0n) is 67.1. The molecule has 10 heterocycles. The highest BCUT2D eigenvalue weighted by atomic mass is 19.1. The normalized spacial score (nSPS) is 20.5. The quantitative estimate of drug-likeness (QED) is 0.0184. The van der Waals surface area contributed by atoms with E-state index in [0.717, 1.165) is 231 Å². The Labute approximate surface area is 656 Å². The van der Waals surface area contributed by atoms with E-state index in [1.807, 2.05) is 52.0 Å². The molecule has 7 aliphatic rings. The van der Waals surface area contributed by atoms with E-state index in [4.69, 9.17) is 43.4 Å². The molecule has 0 spiro atoms. The number of fused-ring (bicyclic) bond motifs is 3. The number of ether oxygens (including phenoxy) is 6. The summed E-state index contributed by atoms with van der Waals surface area (Å²) in [4.78, 5) is 34.1. The number of hydrogen-bond acceptors (Lipinski definition) is 18. The van der Waals surface area contributed by atoms with Crippen LogP contribution in [0.5, 0.6) is 0 Å². The highest BCUT2D eigenvalue weighted by Gasteiger charge is 2.37. The zero-order valence-corrected chi connectivity index (χ0v) is 67.1. The number of aliphatic hydroxyl groups excluding tert-OH is 2. The third-order valence-electron chi connectivity index (χ3n) is 22.7. The SMILES string of the molecule is C=C(O)[C@@H](c1ccccc1[C@H](C)OC(C)C)N1CC[C@@H](OCCCCc2ccc3c(n2)NCCC3)C1.C=C(O)[C@H](c1ccccc1[C@H](C)OC(C)C)N1CC[C@@H](OCCCCc2ccc3c(n2)NCCC3)C1.CC(=O)C(c1cc(F)ccc1CO[C@@H]1CCOC1)N1CC[C@@H](CCCCCc2ccc3c(n2)NCCC3)C1. The van der Waals surface area contributed by atoms with Crippen LogP contribution in [0, 0.1) is 11.7 Å². The van der Waals surface area contributed by atoms with Gasteiger partial charge in [0.15, 0.2) is 5.78 Å². The van der Waals surface area contributed by atoms with Gasteiger partial charge in [0, 0.05) is 89.3 Å². The van der Waals surface area contributed by atoms with Crippen LogP contribution in [0.3, 0.4) is 0 Å². The van der Waals surface area contributed by atoms with Gasteiger partial charge in [0.1, 0.15) is 34.8 Å². The molecule has 110 heavy (non-hydrogen) atoms. The van der Waals surface area contributed by atoms with Crippen LogP contribution in [0.25, 0.3) is 0 Å². The summed E-state index contributed by atoms with van der Waals surface area (Å²) in [5.41, 5.74) is 13.5. The highest BCUT2D eigenvalue weighted by molar-refractivity contribution is 5.83. The van der Waals surface area contributed by atoms with Gasteiger partial charge < -0.3 is 54.6 Å². The molecule has 598 valence electrons. The number of pyridine rings is 3. The molecule has 18 nitrogen and oxygen atoms in total. The largest absolute Gasteiger partial charge is 0.511 e. The van der Waals surface area contributed by atoms with Gasteiger partial charge in [0.2, 0.25) is 0 Å². The van der Waals surface area contributed by atoms with E-state index < -0.39 is 6.04 Å². The number of aromatic nitrogens is 3. The number of unbranched alkanes of at least 4 members (excludes halogenated alkanes) is 4. The van der Waals surface area contributed by atoms with Crippen molar-refractivity contribution in [2.45, 2.75) is 251 Å². The summed E-state index contributed by atoms with van der Waals surface area (Å²) in [5, 5.41) is 31.5. The van der Waals surface area contributed by atoms with Crippen LogP contribution in [0.2, 0.25) is 0 Å². The van der Waals surface area contributed by atoms with Gasteiger partial charge >= 0.3 is 0 Å². The lowest BCUT2D eigenvalue weighted by Crippen LogP contribution is -2.32. The molecule has 0 saturated carbocycles. The number of carbonyl (C=O) groups excluding carboxylic acids is 1. The topological polar surface area (TPSA) is 197 Å². The summed E-state index contributed by atoms with van der Waals surface area (Å²) >= 11 is 0. The van der Waals surface area contributed by atoms with Crippen molar-refractivity contribution in [3.8, 4) is 0 Å². The van der Waals surface area contributed by atoms with E-state index in [0.29, 0.717) is 25.7 Å². The average Bonchev–Trinajstić information content (AvgIpc) is 1.57. The molecule has 7 aliphatic heterocycles. The molecule has 0 radical (unpaired) electrons. The summed E-state index contributed by atoms with van der Waals surface area (Å²) in [5.74, 6) is 3.92. The monoisotopic (exact) mass is 1510 g/mol. The van der Waals surface area contributed by atoms with Crippen LogP contribution >= 0.6 is 0 Å². The fraction of sp³-hybridized carbons (Fsp3) is 0.582. The molecule has 9 atom stereocenters. The van der Waals surface area contributed by atoms with Crippen molar-refractivity contribution in [1.29, 1.82) is 0 Å². The highest BCUT2D eigenvalue weighted by Crippen LogP contribution is 2.40. The van der Waals surface area contributed by atoms with E-state index in [9.17, 15) is 19.4 Å². The molecular formula is C91H128FN9O9. The van der Waals surface area contributed by atoms with Gasteiger partial charge in [-0.15, -0.1) is 0 Å². The number of halogens is 1. The minimum absolute atomic E-state index is 0.0573. The third kappa shape index (κ3) is 24.4. The lowest BCUT2D eigenvalue weighted by Gasteiger charge is -2.30. The van der Waals surface area contributed by atoms with Crippen molar-refractivity contribution >= 4 is 23.2 Å². The molecule has 13 rings (SSSR count). The van der Waals surface area contributed by atoms with Gasteiger partial charge in [-0.2, -0.15) is 0 Å². The van der Waals surface area contributed by atoms with Crippen molar-refractivity contribution in [3.63, 3.8) is 0 Å². The van der Waals surface area contributed by atoms with Gasteiger partial charge in [0.05, 0.1) is 74.1 Å². The maximum atomic E-state index is 14.3. The molecule has 4 fully saturated rings. The first-order valence-electron chi connectivity index (χ1n) is 41.8. The Morgan fingerprint density at radius 3 is 1.43 bits per heavy atom. The van der Waals surface area contributed by atoms with Crippen LogP contribution in [-0.4, -0.2) is 161 Å². The smallest absolute Gasteiger partial charge is 0.151 e. The third-order valence-corrected chi connectivity index (χ3v) is 22.7. The van der Waals surface area contributed by atoms with E-state index in [1.165, 1.54) is 73.0 Å². The number of nitrogens with zero attached hydrogens (tertiary/aromatic N) is 6. The Morgan fingerprint density at radius 2 is 0.982 bits per heavy atom. The Balaban J connectivity index is 0.000000164. The molecule has 19 heteroatoms. The molecule has 0 aliphatic carbocycles. The second-order valence-corrected chi connectivity index (χ2v) is 32.1. The van der Waals surface area contributed by atoms with Crippen molar-refractivity contribution in [1.82, 2.24) is 29.7 Å². The molecule has 4 saturated heterocycles. The minimum atomic E-state index is -0.419. The number of aliphatic hydroxyl groups is 2. The van der Waals surface area contributed by atoms with Gasteiger partial charge in [-0.3, -0.25) is 19.5 Å². The molecule has 3 aromatic carbocycles. The number of ketones is 1. The average molecular weight is 1510 g/mol. The molecular weight excluding hydrogens is 1380 g/mol. The van der Waals surface area contributed by atoms with Gasteiger partial charge in [-0.1, -0.05) is 98.8 Å². The van der Waals surface area contributed by atoms with Crippen LogP contribution in [0.15, 0.2) is 128 Å². The Hall–Kier alpha value is -7.17. The summed E-state index contributed by atoms with van der Waals surface area (Å²) in [6.45, 7) is 33.1. The second-order valence-electron chi connectivity index (χ2n) is 32.1. The Morgan fingerprint density at radius 1 is 0.527 bits per heavy atom. The van der Waals surface area contributed by atoms with Gasteiger partial charge in [-0.05, 0) is 263 Å². The Bertz CT molecular complexity index is 3730. The maximum absolute atomic E-state index is 14.3. The van der Waals surface area contributed by atoms with Crippen molar-refractivity contribution in [2.24, 2.45) is 5.92 Å². The van der Waals surface area contributed by atoms with Crippen molar-refractivity contribution < 1.29 is 47.8 Å². The maximum Gasteiger partial charge on any atom is 0.151 e. The van der Waals surface area contributed by atoms with Crippen molar-refractivity contribution in [2.75, 3.05) is 101 Å². The summed E-state index contributed by atoms with van der Waals surface area (Å²) < 4.78 is 50.4. The molecule has 5 N–H and O–H groups in total. The Kier molecular flexibility index (Phi) is 32.5. The van der Waals surface area contributed by atoms with E-state index in [1.54, 1.807) is 13.0 Å². The fourth-order valence-corrected chi connectivity index (χ4v) is 17.2. The number of anilines is 3. The number of aryl methyl sites for hydroxylation is 6. The first-order valence-corrected chi connectivity index (χ1v) is 41.8. The molecule has 6 aromatic rings. The first kappa shape index (κ1) is 83.8. The fourth-order valence-electron chi connectivity index (χ4n) is 17.2. The molecule has 0 amide bonds. The predicted molar refractivity (Wildman–Crippen MR) is 438 cm³/mol. The van der Waals surface area contributed by atoms with Crippen LogP contribution in [-0.2, 0) is 78.3 Å². The molecule has 3 aromatic heterocycles. The van der Waals surface area contributed by atoms with E-state index >= 15 is 0 Å². The van der Waals surface area contributed by atoms with Crippen molar-refractivity contribution in [3.05, 3.63) is 201 Å². The number of benzene rings is 3. The number of nitrogens with one attached hydrogen (secondary N) is 3. The summed E-state index contributed by atoms with van der Waals surface area (Å²) in [6.07, 6.45) is 23.3. The van der Waals surface area contributed by atoms with Crippen LogP contribution < -0.4 is 16.0 Å². The van der Waals surface area contributed by atoms with Gasteiger partial charge in [0.25, 0.3) is 0 Å². The number of likely N-dealkylation sites (tertiary alicyclic amines) is 3. The van der Waals surface area contributed by atoms with Crippen LogP contribution in [0.4, 0.5) is 21.8 Å². The number of rotatable bonds is 36. The predicted octanol–water partition coefficient (Wildman–Crippen LogP) is 17.9. The summed E-state index contributed by atoms with van der Waals surface area (Å²) in [6, 6.07) is 33.5. The zero-order chi connectivity index (χ0) is 77.3.